The Bertz CT molecular complexity index is 801. The van der Waals surface area contributed by atoms with Gasteiger partial charge in [0.25, 0.3) is 0 Å². The fourth-order valence-electron chi connectivity index (χ4n) is 3.08. The maximum atomic E-state index is 12.4. The highest BCUT2D eigenvalue weighted by Gasteiger charge is 2.21. The van der Waals surface area contributed by atoms with Gasteiger partial charge in [-0.05, 0) is 24.3 Å². The summed E-state index contributed by atoms with van der Waals surface area (Å²) in [6.07, 6.45) is 0. The van der Waals surface area contributed by atoms with Crippen LogP contribution in [0.1, 0.15) is 0 Å². The molecule has 144 valence electrons. The highest BCUT2D eigenvalue weighted by molar-refractivity contribution is 6.42. The van der Waals surface area contributed by atoms with Crippen LogP contribution in [0.4, 0.5) is 11.4 Å². The maximum absolute atomic E-state index is 12.4. The number of methoxy groups -OCH3 is 1. The quantitative estimate of drug-likeness (QED) is 0.766. The molecule has 2 aromatic rings. The summed E-state index contributed by atoms with van der Waals surface area (Å²) in [6, 6.07) is 11.1. The van der Waals surface area contributed by atoms with Gasteiger partial charge in [-0.2, -0.15) is 0 Å². The van der Waals surface area contributed by atoms with Crippen molar-refractivity contribution in [3.05, 3.63) is 51.5 Å². The molecule has 2 aromatic carbocycles. The summed E-state index contributed by atoms with van der Waals surface area (Å²) < 4.78 is 5.43. The second-order valence-corrected chi connectivity index (χ2v) is 7.48. The molecular formula is C19H20Cl3N3O2. The van der Waals surface area contributed by atoms with E-state index < -0.39 is 0 Å². The lowest BCUT2D eigenvalue weighted by molar-refractivity contribution is -0.117. The summed E-state index contributed by atoms with van der Waals surface area (Å²) in [5.41, 5.74) is 1.46. The molecule has 0 aliphatic carbocycles. The Balaban J connectivity index is 1.56. The second kappa shape index (κ2) is 9.02. The predicted molar refractivity (Wildman–Crippen MR) is 112 cm³/mol. The molecule has 1 saturated heterocycles. The first-order valence-electron chi connectivity index (χ1n) is 8.52. The lowest BCUT2D eigenvalue weighted by atomic mass is 10.2. The number of piperazine rings is 1. The van der Waals surface area contributed by atoms with Crippen molar-refractivity contribution in [1.82, 2.24) is 4.90 Å². The Hall–Kier alpha value is -1.66. The van der Waals surface area contributed by atoms with Gasteiger partial charge in [-0.3, -0.25) is 9.69 Å². The zero-order valence-corrected chi connectivity index (χ0v) is 17.1. The number of amides is 1. The predicted octanol–water partition coefficient (Wildman–Crippen LogP) is 4.42. The van der Waals surface area contributed by atoms with Crippen LogP contribution in [0, 0.1) is 0 Å². The summed E-state index contributed by atoms with van der Waals surface area (Å²) in [6.45, 7) is 3.45. The van der Waals surface area contributed by atoms with Gasteiger partial charge in [-0.25, -0.2) is 0 Å². The van der Waals surface area contributed by atoms with Crippen LogP contribution in [-0.4, -0.2) is 50.6 Å². The molecule has 1 aliphatic heterocycles. The standard InChI is InChI=1S/C19H20Cl3N3O2/c1-27-17-5-3-2-4-16(17)25-8-6-24(7-9-25)12-18(26)23-19-14(21)10-13(20)11-15(19)22/h2-5,10-11H,6-9,12H2,1H3,(H,23,26). The van der Waals surface area contributed by atoms with Crippen LogP contribution in [0.2, 0.25) is 15.1 Å². The van der Waals surface area contributed by atoms with E-state index in [1.165, 1.54) is 0 Å². The average molecular weight is 429 g/mol. The molecule has 0 aromatic heterocycles. The SMILES string of the molecule is COc1ccccc1N1CCN(CC(=O)Nc2c(Cl)cc(Cl)cc2Cl)CC1. The van der Waals surface area contributed by atoms with E-state index >= 15 is 0 Å². The molecule has 1 heterocycles. The molecule has 8 heteroatoms. The van der Waals surface area contributed by atoms with Gasteiger partial charge >= 0.3 is 0 Å². The number of anilines is 2. The number of ether oxygens (including phenoxy) is 1. The van der Waals surface area contributed by atoms with Gasteiger partial charge in [0.2, 0.25) is 5.91 Å². The molecule has 1 fully saturated rings. The Morgan fingerprint density at radius 3 is 2.33 bits per heavy atom. The van der Waals surface area contributed by atoms with Crippen LogP contribution >= 0.6 is 34.8 Å². The number of carbonyl (C=O) groups is 1. The van der Waals surface area contributed by atoms with Crippen molar-refractivity contribution in [3.63, 3.8) is 0 Å². The molecule has 0 atom stereocenters. The van der Waals surface area contributed by atoms with Crippen LogP contribution in [0.5, 0.6) is 5.75 Å². The number of carbonyl (C=O) groups excluding carboxylic acids is 1. The molecule has 0 unspecified atom stereocenters. The van der Waals surface area contributed by atoms with Crippen molar-refractivity contribution in [2.24, 2.45) is 0 Å². The highest BCUT2D eigenvalue weighted by Crippen LogP contribution is 2.33. The van der Waals surface area contributed by atoms with Crippen molar-refractivity contribution in [3.8, 4) is 5.75 Å². The van der Waals surface area contributed by atoms with Crippen LogP contribution in [0.3, 0.4) is 0 Å². The van der Waals surface area contributed by atoms with Gasteiger partial charge in [0.05, 0.1) is 35.1 Å². The minimum Gasteiger partial charge on any atom is -0.495 e. The minimum absolute atomic E-state index is 0.160. The van der Waals surface area contributed by atoms with E-state index in [2.05, 4.69) is 15.1 Å². The molecule has 1 aliphatic rings. The van der Waals surface area contributed by atoms with E-state index in [9.17, 15) is 4.79 Å². The molecule has 1 amide bonds. The number of hydrogen-bond donors (Lipinski definition) is 1. The van der Waals surface area contributed by atoms with Gasteiger partial charge in [0, 0.05) is 31.2 Å². The molecular weight excluding hydrogens is 409 g/mol. The van der Waals surface area contributed by atoms with Gasteiger partial charge in [0.15, 0.2) is 0 Å². The summed E-state index contributed by atoms with van der Waals surface area (Å²) in [5.74, 6) is 0.697. The number of para-hydroxylation sites is 2. The van der Waals surface area contributed by atoms with Crippen LogP contribution in [-0.2, 0) is 4.79 Å². The van der Waals surface area contributed by atoms with Crippen molar-refractivity contribution in [1.29, 1.82) is 0 Å². The second-order valence-electron chi connectivity index (χ2n) is 6.23. The van der Waals surface area contributed by atoms with E-state index in [0.717, 1.165) is 37.6 Å². The largest absolute Gasteiger partial charge is 0.495 e. The van der Waals surface area contributed by atoms with E-state index in [0.29, 0.717) is 20.8 Å². The fraction of sp³-hybridized carbons (Fsp3) is 0.316. The van der Waals surface area contributed by atoms with Crippen molar-refractivity contribution in [2.75, 3.05) is 50.1 Å². The third-order valence-corrected chi connectivity index (χ3v) is 5.25. The summed E-state index contributed by atoms with van der Waals surface area (Å²) in [5, 5.41) is 3.85. The molecule has 0 radical (unpaired) electrons. The smallest absolute Gasteiger partial charge is 0.238 e. The third kappa shape index (κ3) is 4.99. The normalized spacial score (nSPS) is 14.9. The van der Waals surface area contributed by atoms with Crippen LogP contribution in [0.25, 0.3) is 0 Å². The Morgan fingerprint density at radius 2 is 1.70 bits per heavy atom. The van der Waals surface area contributed by atoms with Gasteiger partial charge in [0.1, 0.15) is 5.75 Å². The van der Waals surface area contributed by atoms with Crippen LogP contribution < -0.4 is 15.0 Å². The topological polar surface area (TPSA) is 44.8 Å². The molecule has 0 bridgehead atoms. The average Bonchev–Trinajstić information content (AvgIpc) is 2.65. The van der Waals surface area contributed by atoms with E-state index in [1.54, 1.807) is 19.2 Å². The molecule has 1 N–H and O–H groups in total. The maximum Gasteiger partial charge on any atom is 0.238 e. The zero-order valence-electron chi connectivity index (χ0n) is 14.8. The summed E-state index contributed by atoms with van der Waals surface area (Å²) in [7, 11) is 1.67. The third-order valence-electron chi connectivity index (χ3n) is 4.44. The van der Waals surface area contributed by atoms with Crippen molar-refractivity contribution >= 4 is 52.1 Å². The van der Waals surface area contributed by atoms with Gasteiger partial charge in [-0.15, -0.1) is 0 Å². The van der Waals surface area contributed by atoms with E-state index in [1.807, 2.05) is 24.3 Å². The lowest BCUT2D eigenvalue weighted by Crippen LogP contribution is -2.48. The Kier molecular flexibility index (Phi) is 6.71. The van der Waals surface area contributed by atoms with Gasteiger partial charge in [-0.1, -0.05) is 46.9 Å². The van der Waals surface area contributed by atoms with Crippen LogP contribution in [0.15, 0.2) is 36.4 Å². The van der Waals surface area contributed by atoms with Crippen molar-refractivity contribution in [2.45, 2.75) is 0 Å². The first-order valence-corrected chi connectivity index (χ1v) is 9.66. The van der Waals surface area contributed by atoms with E-state index in [4.69, 9.17) is 39.5 Å². The van der Waals surface area contributed by atoms with Gasteiger partial charge < -0.3 is 15.0 Å². The zero-order chi connectivity index (χ0) is 19.4. The van der Waals surface area contributed by atoms with E-state index in [-0.39, 0.29) is 12.5 Å². The molecule has 3 rings (SSSR count). The number of halogens is 3. The molecule has 27 heavy (non-hydrogen) atoms. The number of nitrogens with zero attached hydrogens (tertiary/aromatic N) is 2. The highest BCUT2D eigenvalue weighted by atomic mass is 35.5. The monoisotopic (exact) mass is 427 g/mol. The first-order chi connectivity index (χ1) is 13.0. The number of nitrogens with one attached hydrogen (secondary N) is 1. The minimum atomic E-state index is -0.160. The Morgan fingerprint density at radius 1 is 1.07 bits per heavy atom. The molecule has 0 spiro atoms. The molecule has 0 saturated carbocycles. The lowest BCUT2D eigenvalue weighted by Gasteiger charge is -2.36. The number of benzene rings is 2. The number of rotatable bonds is 5. The fourth-order valence-corrected chi connectivity index (χ4v) is 3.99. The summed E-state index contributed by atoms with van der Waals surface area (Å²) >= 11 is 18.1. The first kappa shape index (κ1) is 20.1. The van der Waals surface area contributed by atoms with Crippen molar-refractivity contribution < 1.29 is 9.53 Å². The summed E-state index contributed by atoms with van der Waals surface area (Å²) in [4.78, 5) is 16.7. The number of hydrogen-bond acceptors (Lipinski definition) is 4. The Labute approximate surface area is 173 Å². The molecule has 5 nitrogen and oxygen atoms in total.